The number of rotatable bonds is 10. The Balaban J connectivity index is 1.61. The average Bonchev–Trinajstić information content (AvgIpc) is 3.54. The zero-order chi connectivity index (χ0) is 28.2. The largest absolute Gasteiger partial charge is 0.382 e. The third-order valence-corrected chi connectivity index (χ3v) is 7.72. The quantitative estimate of drug-likeness (QED) is 0.224. The molecule has 1 aliphatic heterocycles. The minimum absolute atomic E-state index is 0.0709. The van der Waals surface area contributed by atoms with E-state index in [-0.39, 0.29) is 18.3 Å². The first-order chi connectivity index (χ1) is 18.6. The fourth-order valence-electron chi connectivity index (χ4n) is 5.17. The molecule has 0 spiro atoms. The van der Waals surface area contributed by atoms with E-state index in [1.54, 1.807) is 23.7 Å². The van der Waals surface area contributed by atoms with E-state index in [4.69, 9.17) is 11.1 Å². The van der Waals surface area contributed by atoms with E-state index in [1.165, 1.54) is 4.90 Å². The molecule has 11 heteroatoms. The van der Waals surface area contributed by atoms with E-state index < -0.39 is 33.9 Å². The minimum Gasteiger partial charge on any atom is -0.382 e. The predicted octanol–water partition coefficient (Wildman–Crippen LogP) is 1.67. The van der Waals surface area contributed by atoms with Crippen LogP contribution < -0.4 is 15.8 Å². The summed E-state index contributed by atoms with van der Waals surface area (Å²) in [6, 6.07) is 20.2. The Morgan fingerprint density at radius 2 is 1.62 bits per heavy atom. The molecule has 2 heterocycles. The van der Waals surface area contributed by atoms with Gasteiger partial charge in [0.05, 0.1) is 18.5 Å². The molecule has 3 aromatic rings. The Labute approximate surface area is 228 Å². The summed E-state index contributed by atoms with van der Waals surface area (Å²) in [7, 11) is -2.02. The van der Waals surface area contributed by atoms with Crippen molar-refractivity contribution in [3.63, 3.8) is 0 Å². The molecular weight excluding hydrogens is 516 g/mol. The normalized spacial score (nSPS) is 16.3. The molecule has 0 unspecified atom stereocenters. The van der Waals surface area contributed by atoms with Crippen LogP contribution in [-0.2, 0) is 33.2 Å². The summed E-state index contributed by atoms with van der Waals surface area (Å²) in [6.07, 6.45) is 2.12. The average molecular weight is 551 g/mol. The lowest BCUT2D eigenvalue weighted by Gasteiger charge is -2.33. The molecule has 206 valence electrons. The fourth-order valence-corrected chi connectivity index (χ4v) is 5.87. The summed E-state index contributed by atoms with van der Waals surface area (Å²) < 4.78 is 29.3. The molecule has 10 nitrogen and oxygen atoms in total. The highest BCUT2D eigenvalue weighted by Crippen LogP contribution is 2.31. The molecule has 1 saturated heterocycles. The van der Waals surface area contributed by atoms with E-state index in [0.29, 0.717) is 25.1 Å². The van der Waals surface area contributed by atoms with Gasteiger partial charge in [-0.2, -0.15) is 0 Å². The standard InChI is InChI=1S/C28H34N6O4S/c1-33-21(15-16-22(33)26(29)30)18-31-27(35)23-14-9-17-34(23)28(36)25(32-39(2,37)38)24(19-10-5-3-6-11-19)20-12-7-4-8-13-20/h3-8,10-13,15-16,23-25,32H,9,14,17-18H2,1-2H3,(H3,29,30)(H,31,35)/t23-,25+/m0/s1. The highest BCUT2D eigenvalue weighted by Gasteiger charge is 2.41. The van der Waals surface area contributed by atoms with Crippen LogP contribution in [0.5, 0.6) is 0 Å². The SMILES string of the molecule is Cn1c(CNC(=O)[C@@H]2CCCN2C(=O)[C@H](NS(C)(=O)=O)C(c2ccccc2)c2ccccc2)ccc1C(=N)N. The van der Waals surface area contributed by atoms with Crippen molar-refractivity contribution in [3.8, 4) is 0 Å². The minimum atomic E-state index is -3.78. The Morgan fingerprint density at radius 1 is 1.03 bits per heavy atom. The molecule has 2 aromatic carbocycles. The Kier molecular flexibility index (Phi) is 8.51. The monoisotopic (exact) mass is 550 g/mol. The number of likely N-dealkylation sites (tertiary alicyclic amines) is 1. The molecule has 2 atom stereocenters. The van der Waals surface area contributed by atoms with Gasteiger partial charge in [0.25, 0.3) is 0 Å². The number of nitrogen functional groups attached to an aromatic ring is 1. The first kappa shape index (κ1) is 28.1. The lowest BCUT2D eigenvalue weighted by atomic mass is 9.84. The van der Waals surface area contributed by atoms with Crippen LogP contribution in [0.1, 0.15) is 41.3 Å². The summed E-state index contributed by atoms with van der Waals surface area (Å²) >= 11 is 0. The molecule has 0 bridgehead atoms. The maximum Gasteiger partial charge on any atom is 0.243 e. The van der Waals surface area contributed by atoms with Crippen LogP contribution in [0, 0.1) is 5.41 Å². The van der Waals surface area contributed by atoms with Crippen molar-refractivity contribution in [2.75, 3.05) is 12.8 Å². The van der Waals surface area contributed by atoms with Crippen LogP contribution in [0.15, 0.2) is 72.8 Å². The molecule has 5 N–H and O–H groups in total. The van der Waals surface area contributed by atoms with Crippen LogP contribution in [0.3, 0.4) is 0 Å². The second-order valence-corrected chi connectivity index (χ2v) is 11.5. The van der Waals surface area contributed by atoms with Crippen LogP contribution >= 0.6 is 0 Å². The van der Waals surface area contributed by atoms with Gasteiger partial charge in [0.15, 0.2) is 0 Å². The van der Waals surface area contributed by atoms with Crippen LogP contribution in [0.25, 0.3) is 0 Å². The second-order valence-electron chi connectivity index (χ2n) is 9.76. The van der Waals surface area contributed by atoms with Crippen molar-refractivity contribution < 1.29 is 18.0 Å². The summed E-state index contributed by atoms with van der Waals surface area (Å²) in [5.74, 6) is -1.44. The molecule has 4 rings (SSSR count). The van der Waals surface area contributed by atoms with Gasteiger partial charge in [-0.3, -0.25) is 15.0 Å². The van der Waals surface area contributed by atoms with Crippen LogP contribution in [0.4, 0.5) is 0 Å². The second kappa shape index (κ2) is 11.8. The zero-order valence-electron chi connectivity index (χ0n) is 22.0. The van der Waals surface area contributed by atoms with Crippen molar-refractivity contribution in [2.45, 2.75) is 37.4 Å². The van der Waals surface area contributed by atoms with Gasteiger partial charge in [0.2, 0.25) is 21.8 Å². The number of sulfonamides is 1. The molecule has 1 fully saturated rings. The molecular formula is C28H34N6O4S. The maximum absolute atomic E-state index is 14.1. The summed E-state index contributed by atoms with van der Waals surface area (Å²) in [6.45, 7) is 0.538. The maximum atomic E-state index is 14.1. The van der Waals surface area contributed by atoms with E-state index in [0.717, 1.165) is 23.1 Å². The van der Waals surface area contributed by atoms with E-state index >= 15 is 0 Å². The molecule has 39 heavy (non-hydrogen) atoms. The Hall–Kier alpha value is -3.96. The highest BCUT2D eigenvalue weighted by molar-refractivity contribution is 7.88. The van der Waals surface area contributed by atoms with E-state index in [9.17, 15) is 18.0 Å². The van der Waals surface area contributed by atoms with E-state index in [1.807, 2.05) is 60.7 Å². The number of carbonyl (C=O) groups excluding carboxylic acids is 2. The Bertz CT molecular complexity index is 1400. The Morgan fingerprint density at radius 3 is 2.13 bits per heavy atom. The number of benzene rings is 2. The lowest BCUT2D eigenvalue weighted by molar-refractivity contribution is -0.140. The number of aromatic nitrogens is 1. The number of hydrogen-bond donors (Lipinski definition) is 4. The van der Waals surface area contributed by atoms with Crippen molar-refractivity contribution >= 4 is 27.7 Å². The number of amidine groups is 1. The van der Waals surface area contributed by atoms with Gasteiger partial charge in [-0.25, -0.2) is 13.1 Å². The smallest absolute Gasteiger partial charge is 0.243 e. The van der Waals surface area contributed by atoms with Crippen LogP contribution in [-0.4, -0.2) is 60.4 Å². The first-order valence-electron chi connectivity index (χ1n) is 12.7. The topological polar surface area (TPSA) is 150 Å². The number of nitrogens with one attached hydrogen (secondary N) is 3. The van der Waals surface area contributed by atoms with Gasteiger partial charge < -0.3 is 20.5 Å². The molecule has 0 saturated carbocycles. The molecule has 1 aromatic heterocycles. The van der Waals surface area contributed by atoms with Crippen molar-refractivity contribution in [1.29, 1.82) is 5.41 Å². The summed E-state index contributed by atoms with van der Waals surface area (Å²) in [4.78, 5) is 28.9. The van der Waals surface area contributed by atoms with Gasteiger partial charge >= 0.3 is 0 Å². The predicted molar refractivity (Wildman–Crippen MR) is 150 cm³/mol. The lowest BCUT2D eigenvalue weighted by Crippen LogP contribution is -2.55. The summed E-state index contributed by atoms with van der Waals surface area (Å²) in [5, 5.41) is 10.5. The van der Waals surface area contributed by atoms with Gasteiger partial charge in [-0.1, -0.05) is 60.7 Å². The fraction of sp³-hybridized carbons (Fsp3) is 0.321. The van der Waals surface area contributed by atoms with Gasteiger partial charge in [0, 0.05) is 25.2 Å². The first-order valence-corrected chi connectivity index (χ1v) is 14.6. The van der Waals surface area contributed by atoms with Gasteiger partial charge in [-0.15, -0.1) is 0 Å². The number of amides is 2. The van der Waals surface area contributed by atoms with Crippen molar-refractivity contribution in [1.82, 2.24) is 19.5 Å². The molecule has 0 aliphatic carbocycles. The summed E-state index contributed by atoms with van der Waals surface area (Å²) in [5.41, 5.74) is 8.46. The van der Waals surface area contributed by atoms with E-state index in [2.05, 4.69) is 10.0 Å². The van der Waals surface area contributed by atoms with Crippen molar-refractivity contribution in [2.24, 2.45) is 12.8 Å². The number of nitrogens with zero attached hydrogens (tertiary/aromatic N) is 2. The zero-order valence-corrected chi connectivity index (χ0v) is 22.8. The third kappa shape index (κ3) is 6.55. The molecule has 1 aliphatic rings. The van der Waals surface area contributed by atoms with Crippen LogP contribution in [0.2, 0.25) is 0 Å². The molecule has 2 amide bonds. The van der Waals surface area contributed by atoms with Gasteiger partial charge in [-0.05, 0) is 36.1 Å². The highest BCUT2D eigenvalue weighted by atomic mass is 32.2. The third-order valence-electron chi connectivity index (χ3n) is 7.04. The number of nitrogens with two attached hydrogens (primary N) is 1. The van der Waals surface area contributed by atoms with Crippen molar-refractivity contribution in [3.05, 3.63) is 95.3 Å². The number of hydrogen-bond acceptors (Lipinski definition) is 5. The molecule has 0 radical (unpaired) electrons. The van der Waals surface area contributed by atoms with Gasteiger partial charge in [0.1, 0.15) is 17.9 Å². The number of carbonyl (C=O) groups is 2.